The Morgan fingerprint density at radius 3 is 2.41 bits per heavy atom. The second-order valence-corrected chi connectivity index (χ2v) is 13.1. The Hall–Kier alpha value is -3.46. The first-order valence-electron chi connectivity index (χ1n) is 15.8. The number of allylic oxidation sites excluding steroid dienone is 1. The number of fused-ring (bicyclic) bond motifs is 1. The van der Waals surface area contributed by atoms with Crippen molar-refractivity contribution >= 4 is 30.0 Å². The molecule has 9 heteroatoms. The van der Waals surface area contributed by atoms with Gasteiger partial charge in [0.15, 0.2) is 6.10 Å². The summed E-state index contributed by atoms with van der Waals surface area (Å²) in [5, 5.41) is 0. The Morgan fingerprint density at radius 1 is 1.00 bits per heavy atom. The number of ether oxygens (including phenoxy) is 5. The molecule has 2 aliphatic heterocycles. The number of cyclic esters (lactones) is 1. The molecule has 0 N–H and O–H groups in total. The van der Waals surface area contributed by atoms with Gasteiger partial charge in [-0.2, -0.15) is 0 Å². The molecule has 0 bridgehead atoms. The van der Waals surface area contributed by atoms with Gasteiger partial charge in [-0.3, -0.25) is 9.59 Å². The van der Waals surface area contributed by atoms with Gasteiger partial charge in [-0.05, 0) is 61.0 Å². The maximum Gasteiger partial charge on any atom is 0.337 e. The van der Waals surface area contributed by atoms with E-state index in [1.165, 1.54) is 6.08 Å². The van der Waals surface area contributed by atoms with Crippen LogP contribution in [0.15, 0.2) is 48.1 Å². The van der Waals surface area contributed by atoms with Crippen LogP contribution in [0.2, 0.25) is 0 Å². The lowest BCUT2D eigenvalue weighted by Crippen LogP contribution is -2.61. The molecule has 7 atom stereocenters. The van der Waals surface area contributed by atoms with Gasteiger partial charge in [-0.15, -0.1) is 0 Å². The van der Waals surface area contributed by atoms with E-state index in [4.69, 9.17) is 23.7 Å². The Kier molecular flexibility index (Phi) is 9.35. The predicted molar refractivity (Wildman–Crippen MR) is 161 cm³/mol. The monoisotopic (exact) mass is 608 g/mol. The summed E-state index contributed by atoms with van der Waals surface area (Å²) < 4.78 is 28.8. The Morgan fingerprint density at radius 2 is 1.73 bits per heavy atom. The molecule has 0 radical (unpaired) electrons. The first-order valence-corrected chi connectivity index (χ1v) is 15.8. The molecular weight excluding hydrogens is 564 g/mol. The van der Waals surface area contributed by atoms with Gasteiger partial charge in [0.05, 0.1) is 17.8 Å². The van der Waals surface area contributed by atoms with Crippen LogP contribution in [0.3, 0.4) is 0 Å². The largest absolute Gasteiger partial charge is 0.465 e. The molecule has 5 rings (SSSR count). The van der Waals surface area contributed by atoms with Crippen molar-refractivity contribution in [3.05, 3.63) is 53.6 Å². The van der Waals surface area contributed by atoms with E-state index in [9.17, 15) is 19.2 Å². The summed E-state index contributed by atoms with van der Waals surface area (Å²) in [5.41, 5.74) is 0.0766. The molecule has 2 saturated heterocycles. The van der Waals surface area contributed by atoms with Crippen molar-refractivity contribution in [2.75, 3.05) is 19.8 Å². The fourth-order valence-corrected chi connectivity index (χ4v) is 7.97. The zero-order valence-electron chi connectivity index (χ0n) is 26.2. The maximum absolute atomic E-state index is 12.8. The van der Waals surface area contributed by atoms with E-state index in [1.54, 1.807) is 19.9 Å². The van der Waals surface area contributed by atoms with E-state index in [0.717, 1.165) is 24.8 Å². The normalized spacial score (nSPS) is 35.3. The van der Waals surface area contributed by atoms with Gasteiger partial charge in [0.2, 0.25) is 0 Å². The molecule has 4 fully saturated rings. The third-order valence-electron chi connectivity index (χ3n) is 10.5. The average molecular weight is 609 g/mol. The molecule has 4 aliphatic rings. The third-order valence-corrected chi connectivity index (χ3v) is 10.5. The van der Waals surface area contributed by atoms with Gasteiger partial charge in [0.25, 0.3) is 0 Å². The van der Waals surface area contributed by atoms with Crippen molar-refractivity contribution in [3.63, 3.8) is 0 Å². The lowest BCUT2D eigenvalue weighted by Gasteiger charge is -2.61. The third kappa shape index (κ3) is 6.34. The van der Waals surface area contributed by atoms with Crippen LogP contribution >= 0.6 is 0 Å². The lowest BCUT2D eigenvalue weighted by molar-refractivity contribution is -0.203. The number of esters is 4. The van der Waals surface area contributed by atoms with Crippen molar-refractivity contribution in [1.29, 1.82) is 0 Å². The Bertz CT molecular complexity index is 1310. The zero-order chi connectivity index (χ0) is 31.5. The predicted octanol–water partition coefficient (Wildman–Crippen LogP) is 5.36. The van der Waals surface area contributed by atoms with E-state index < -0.39 is 23.5 Å². The van der Waals surface area contributed by atoms with Crippen molar-refractivity contribution in [1.82, 2.24) is 0 Å². The van der Waals surface area contributed by atoms with Gasteiger partial charge in [0, 0.05) is 24.3 Å². The van der Waals surface area contributed by atoms with Gasteiger partial charge in [0.1, 0.15) is 19.3 Å². The van der Waals surface area contributed by atoms with E-state index in [0.29, 0.717) is 25.0 Å². The van der Waals surface area contributed by atoms with Crippen LogP contribution in [0.25, 0.3) is 6.08 Å². The van der Waals surface area contributed by atoms with Gasteiger partial charge < -0.3 is 23.7 Å². The highest BCUT2D eigenvalue weighted by atomic mass is 16.6. The number of hydrogen-bond acceptors (Lipinski definition) is 9. The summed E-state index contributed by atoms with van der Waals surface area (Å²) in [7, 11) is 0. The fourth-order valence-electron chi connectivity index (χ4n) is 7.97. The van der Waals surface area contributed by atoms with Crippen molar-refractivity contribution in [2.24, 2.45) is 22.7 Å². The quantitative estimate of drug-likeness (QED) is 0.150. The molecule has 1 aromatic carbocycles. The number of rotatable bonds is 10. The van der Waals surface area contributed by atoms with E-state index >= 15 is 0 Å². The highest BCUT2D eigenvalue weighted by molar-refractivity contribution is 5.93. The number of epoxide rings is 1. The molecule has 1 aromatic rings. The molecule has 238 valence electrons. The lowest BCUT2D eigenvalue weighted by atomic mass is 9.45. The molecular formula is C35H44O9. The smallest absolute Gasteiger partial charge is 0.337 e. The maximum atomic E-state index is 12.8. The zero-order valence-corrected chi connectivity index (χ0v) is 26.2. The minimum Gasteiger partial charge on any atom is -0.465 e. The van der Waals surface area contributed by atoms with Crippen LogP contribution in [-0.4, -0.2) is 61.5 Å². The van der Waals surface area contributed by atoms with Crippen LogP contribution < -0.4 is 0 Å². The summed E-state index contributed by atoms with van der Waals surface area (Å²) >= 11 is 0. The fraction of sp³-hybridized carbons (Fsp3) is 0.600. The van der Waals surface area contributed by atoms with Gasteiger partial charge >= 0.3 is 23.9 Å². The summed E-state index contributed by atoms with van der Waals surface area (Å²) in [5.74, 6) is -1.44. The summed E-state index contributed by atoms with van der Waals surface area (Å²) in [6.07, 6.45) is 7.92. The van der Waals surface area contributed by atoms with Crippen LogP contribution in [0, 0.1) is 22.7 Å². The first-order chi connectivity index (χ1) is 21.0. The van der Waals surface area contributed by atoms with Crippen molar-refractivity contribution in [2.45, 2.75) is 90.4 Å². The molecule has 0 amide bonds. The summed E-state index contributed by atoms with van der Waals surface area (Å²) in [6, 6.07) is 9.42. The molecule has 2 aliphatic carbocycles. The van der Waals surface area contributed by atoms with E-state index in [-0.39, 0.29) is 66.9 Å². The van der Waals surface area contributed by atoms with Crippen molar-refractivity contribution in [3.8, 4) is 0 Å². The van der Waals surface area contributed by atoms with Crippen LogP contribution in [0.4, 0.5) is 0 Å². The summed E-state index contributed by atoms with van der Waals surface area (Å²) in [4.78, 5) is 50.1. The second-order valence-electron chi connectivity index (χ2n) is 13.1. The Balaban J connectivity index is 1.37. The highest BCUT2D eigenvalue weighted by Gasteiger charge is 2.67. The average Bonchev–Trinajstić information content (AvgIpc) is 3.71. The number of benzene rings is 1. The van der Waals surface area contributed by atoms with Gasteiger partial charge in [-0.1, -0.05) is 64.1 Å². The molecule has 44 heavy (non-hydrogen) atoms. The van der Waals surface area contributed by atoms with Crippen molar-refractivity contribution < 1.29 is 42.9 Å². The summed E-state index contributed by atoms with van der Waals surface area (Å²) in [6.45, 7) is 8.68. The highest BCUT2D eigenvalue weighted by Crippen LogP contribution is 2.66. The minimum absolute atomic E-state index is 0.0207. The molecule has 1 spiro atoms. The molecule has 2 heterocycles. The SMILES string of the molecule is CCC(=O)OC[C@@]1(C)C2CC[C@]3(CO3)C(C/C=C3/C(=O)OC[C@H]3OC(=O)/C=C/c3ccccc3)[C@@]2(C)CC[C@H]1OC(=O)CC. The standard InChI is InChI=1S/C35H44O9/c1-5-29(36)41-21-34(4)26-16-19-35(22-42-35)27(33(26,3)18-17-28(34)44-30(37)6-2)14-13-24-25(20-40-32(24)39)43-31(38)15-12-23-10-8-7-9-11-23/h7-13,15,25-28H,5-6,14,16-22H2,1-4H3/b15-12+,24-13+/t25-,26?,27?,28-,33+,34+,35+/m1/s1. The number of carbonyl (C=O) groups excluding carboxylic acids is 4. The first kappa shape index (κ1) is 31.9. The van der Waals surface area contributed by atoms with Crippen LogP contribution in [-0.2, 0) is 42.9 Å². The molecule has 2 unspecified atom stereocenters. The number of carbonyl (C=O) groups is 4. The van der Waals surface area contributed by atoms with Crippen LogP contribution in [0.5, 0.6) is 0 Å². The molecule has 0 aromatic heterocycles. The number of hydrogen-bond donors (Lipinski definition) is 0. The Labute approximate surface area is 259 Å². The van der Waals surface area contributed by atoms with E-state index in [2.05, 4.69) is 13.8 Å². The topological polar surface area (TPSA) is 118 Å². The molecule has 2 saturated carbocycles. The van der Waals surface area contributed by atoms with Crippen LogP contribution in [0.1, 0.15) is 78.2 Å². The molecule has 9 nitrogen and oxygen atoms in total. The minimum atomic E-state index is -0.790. The van der Waals surface area contributed by atoms with Gasteiger partial charge in [-0.25, -0.2) is 9.59 Å². The second kappa shape index (κ2) is 12.9. The van der Waals surface area contributed by atoms with E-state index in [1.807, 2.05) is 36.4 Å².